The molecule has 0 bridgehead atoms. The number of aromatic nitrogens is 1. The van der Waals surface area contributed by atoms with Crippen molar-refractivity contribution in [2.24, 2.45) is 5.92 Å². The Balaban J connectivity index is 1.99. The Morgan fingerprint density at radius 1 is 1.35 bits per heavy atom. The zero-order valence-electron chi connectivity index (χ0n) is 9.60. The highest BCUT2D eigenvalue weighted by Gasteiger charge is 2.18. The first-order valence-electron chi connectivity index (χ1n) is 6.06. The number of fused-ring (bicyclic) bond motifs is 1. The van der Waals surface area contributed by atoms with Crippen LogP contribution in [0.3, 0.4) is 0 Å². The van der Waals surface area contributed by atoms with Crippen LogP contribution in [0.4, 0.5) is 0 Å². The van der Waals surface area contributed by atoms with Gasteiger partial charge in [0.25, 0.3) is 0 Å². The normalized spacial score (nSPS) is 16.0. The molecule has 1 aliphatic rings. The number of hydrogen-bond acceptors (Lipinski definition) is 1. The molecule has 2 aromatic rings. The predicted octanol–water partition coefficient (Wildman–Crippen LogP) is 3.14. The van der Waals surface area contributed by atoms with Crippen LogP contribution in [-0.2, 0) is 6.54 Å². The van der Waals surface area contributed by atoms with Gasteiger partial charge in [-0.3, -0.25) is 0 Å². The van der Waals surface area contributed by atoms with Crippen molar-refractivity contribution in [1.29, 1.82) is 0 Å². The Morgan fingerprint density at radius 3 is 2.82 bits per heavy atom. The number of benzene rings is 1. The first-order chi connectivity index (χ1) is 8.24. The lowest BCUT2D eigenvalue weighted by Gasteiger charge is -2.26. The summed E-state index contributed by atoms with van der Waals surface area (Å²) in [5.41, 5.74) is 1.41. The minimum atomic E-state index is -0.858. The Labute approximate surface area is 99.7 Å². The number of rotatable bonds is 3. The molecular weight excluding hydrogens is 214 g/mol. The van der Waals surface area contributed by atoms with E-state index in [4.69, 9.17) is 5.11 Å². The smallest absolute Gasteiger partial charge is 0.335 e. The average Bonchev–Trinajstić information content (AvgIpc) is 2.65. The van der Waals surface area contributed by atoms with Gasteiger partial charge in [-0.15, -0.1) is 0 Å². The quantitative estimate of drug-likeness (QED) is 0.878. The fraction of sp³-hybridized carbons (Fsp3) is 0.357. The van der Waals surface area contributed by atoms with Crippen molar-refractivity contribution in [3.05, 3.63) is 36.0 Å². The lowest BCUT2D eigenvalue weighted by molar-refractivity contribution is 0.0697. The van der Waals surface area contributed by atoms with Gasteiger partial charge in [-0.1, -0.05) is 12.5 Å². The SMILES string of the molecule is O=C(O)c1ccc2ccn(CC3CCC3)c2c1. The number of hydrogen-bond donors (Lipinski definition) is 1. The molecule has 0 radical (unpaired) electrons. The van der Waals surface area contributed by atoms with E-state index >= 15 is 0 Å². The van der Waals surface area contributed by atoms with Crippen molar-refractivity contribution in [1.82, 2.24) is 4.57 Å². The van der Waals surface area contributed by atoms with Gasteiger partial charge in [0, 0.05) is 18.3 Å². The maximum atomic E-state index is 11.0. The fourth-order valence-electron chi connectivity index (χ4n) is 2.43. The topological polar surface area (TPSA) is 42.2 Å². The van der Waals surface area contributed by atoms with Crippen LogP contribution < -0.4 is 0 Å². The number of carboxylic acids is 1. The monoisotopic (exact) mass is 229 g/mol. The molecule has 3 heteroatoms. The average molecular weight is 229 g/mol. The lowest BCUT2D eigenvalue weighted by atomic mass is 9.85. The van der Waals surface area contributed by atoms with E-state index < -0.39 is 5.97 Å². The molecule has 88 valence electrons. The Morgan fingerprint density at radius 2 is 2.18 bits per heavy atom. The summed E-state index contributed by atoms with van der Waals surface area (Å²) in [5, 5.41) is 10.1. The molecule has 0 spiro atoms. The summed E-state index contributed by atoms with van der Waals surface area (Å²) in [6.07, 6.45) is 6.01. The van der Waals surface area contributed by atoms with Crippen LogP contribution in [-0.4, -0.2) is 15.6 Å². The van der Waals surface area contributed by atoms with Crippen LogP contribution in [0.25, 0.3) is 10.9 Å². The van der Waals surface area contributed by atoms with Gasteiger partial charge in [-0.05, 0) is 42.3 Å². The van der Waals surface area contributed by atoms with Crippen molar-refractivity contribution in [2.45, 2.75) is 25.8 Å². The Hall–Kier alpha value is -1.77. The van der Waals surface area contributed by atoms with Crippen molar-refractivity contribution >= 4 is 16.9 Å². The third-order valence-corrected chi connectivity index (χ3v) is 3.70. The molecule has 17 heavy (non-hydrogen) atoms. The second-order valence-electron chi connectivity index (χ2n) is 4.84. The third kappa shape index (κ3) is 1.82. The summed E-state index contributed by atoms with van der Waals surface area (Å²) in [5.74, 6) is -0.0811. The minimum Gasteiger partial charge on any atom is -0.478 e. The van der Waals surface area contributed by atoms with E-state index in [0.29, 0.717) is 5.56 Å². The second kappa shape index (κ2) is 3.91. The highest BCUT2D eigenvalue weighted by Crippen LogP contribution is 2.29. The Kier molecular flexibility index (Phi) is 2.39. The third-order valence-electron chi connectivity index (χ3n) is 3.70. The molecule has 1 aromatic carbocycles. The molecule has 1 N–H and O–H groups in total. The lowest BCUT2D eigenvalue weighted by Crippen LogP contribution is -2.17. The predicted molar refractivity (Wildman–Crippen MR) is 66.2 cm³/mol. The zero-order valence-corrected chi connectivity index (χ0v) is 9.60. The van der Waals surface area contributed by atoms with Gasteiger partial charge < -0.3 is 9.67 Å². The van der Waals surface area contributed by atoms with Gasteiger partial charge >= 0.3 is 5.97 Å². The Bertz CT molecular complexity index is 567. The van der Waals surface area contributed by atoms with Crippen LogP contribution in [0.1, 0.15) is 29.6 Å². The summed E-state index contributed by atoms with van der Waals surface area (Å²) in [4.78, 5) is 11.0. The number of aromatic carboxylic acids is 1. The second-order valence-corrected chi connectivity index (χ2v) is 4.84. The van der Waals surface area contributed by atoms with Crippen LogP contribution >= 0.6 is 0 Å². The van der Waals surface area contributed by atoms with Gasteiger partial charge in [0.05, 0.1) is 5.56 Å². The van der Waals surface area contributed by atoms with Gasteiger partial charge in [-0.2, -0.15) is 0 Å². The van der Waals surface area contributed by atoms with Crippen LogP contribution in [0, 0.1) is 5.92 Å². The van der Waals surface area contributed by atoms with Crippen LogP contribution in [0.5, 0.6) is 0 Å². The van der Waals surface area contributed by atoms with Crippen LogP contribution in [0.2, 0.25) is 0 Å². The minimum absolute atomic E-state index is 0.367. The van der Waals surface area contributed by atoms with E-state index in [0.717, 1.165) is 23.4 Å². The van der Waals surface area contributed by atoms with E-state index in [9.17, 15) is 4.79 Å². The summed E-state index contributed by atoms with van der Waals surface area (Å²) < 4.78 is 2.19. The highest BCUT2D eigenvalue weighted by atomic mass is 16.4. The molecule has 1 saturated carbocycles. The van der Waals surface area contributed by atoms with Crippen molar-refractivity contribution in [3.63, 3.8) is 0 Å². The number of carboxylic acid groups (broad SMARTS) is 1. The molecule has 1 aromatic heterocycles. The molecule has 0 saturated heterocycles. The first kappa shape index (κ1) is 10.4. The van der Waals surface area contributed by atoms with E-state index in [1.54, 1.807) is 12.1 Å². The summed E-state index contributed by atoms with van der Waals surface area (Å²) in [6, 6.07) is 7.38. The van der Waals surface area contributed by atoms with E-state index in [-0.39, 0.29) is 0 Å². The van der Waals surface area contributed by atoms with Gasteiger partial charge in [0.15, 0.2) is 0 Å². The molecule has 3 rings (SSSR count). The highest BCUT2D eigenvalue weighted by molar-refractivity contribution is 5.93. The molecule has 0 aliphatic heterocycles. The molecular formula is C14H15NO2. The molecule has 0 atom stereocenters. The van der Waals surface area contributed by atoms with Crippen molar-refractivity contribution in [3.8, 4) is 0 Å². The summed E-state index contributed by atoms with van der Waals surface area (Å²) in [6.45, 7) is 1.02. The van der Waals surface area contributed by atoms with Gasteiger partial charge in [0.2, 0.25) is 0 Å². The van der Waals surface area contributed by atoms with E-state index in [2.05, 4.69) is 16.8 Å². The zero-order chi connectivity index (χ0) is 11.8. The van der Waals surface area contributed by atoms with Crippen molar-refractivity contribution < 1.29 is 9.90 Å². The largest absolute Gasteiger partial charge is 0.478 e. The molecule has 0 unspecified atom stereocenters. The molecule has 3 nitrogen and oxygen atoms in total. The molecule has 1 heterocycles. The standard InChI is InChI=1S/C14H15NO2/c16-14(17)12-5-4-11-6-7-15(13(11)8-12)9-10-2-1-3-10/h4-8,10H,1-3,9H2,(H,16,17). The maximum Gasteiger partial charge on any atom is 0.335 e. The first-order valence-corrected chi connectivity index (χ1v) is 6.06. The van der Waals surface area contributed by atoms with E-state index in [1.165, 1.54) is 19.3 Å². The molecule has 1 aliphatic carbocycles. The molecule has 0 amide bonds. The van der Waals surface area contributed by atoms with E-state index in [1.807, 2.05) is 6.07 Å². The van der Waals surface area contributed by atoms with Crippen LogP contribution in [0.15, 0.2) is 30.5 Å². The number of carbonyl (C=O) groups is 1. The van der Waals surface area contributed by atoms with Gasteiger partial charge in [-0.25, -0.2) is 4.79 Å². The number of nitrogens with zero attached hydrogens (tertiary/aromatic N) is 1. The van der Waals surface area contributed by atoms with Gasteiger partial charge in [0.1, 0.15) is 0 Å². The van der Waals surface area contributed by atoms with Crippen molar-refractivity contribution in [2.75, 3.05) is 0 Å². The fourth-order valence-corrected chi connectivity index (χ4v) is 2.43. The maximum absolute atomic E-state index is 11.0. The summed E-state index contributed by atoms with van der Waals surface area (Å²) in [7, 11) is 0. The molecule has 1 fully saturated rings. The summed E-state index contributed by atoms with van der Waals surface area (Å²) >= 11 is 0.